The fraction of sp³-hybridized carbons (Fsp3) is 0.182. The van der Waals surface area contributed by atoms with Crippen molar-refractivity contribution in [1.29, 1.82) is 0 Å². The molecule has 28 heavy (non-hydrogen) atoms. The van der Waals surface area contributed by atoms with E-state index >= 15 is 0 Å². The van der Waals surface area contributed by atoms with Crippen LogP contribution in [0.25, 0.3) is 10.9 Å². The van der Waals surface area contributed by atoms with Gasteiger partial charge in [-0.15, -0.1) is 6.58 Å². The number of carbonyl (C=O) groups excluding carboxylic acids is 1. The first-order valence-electron chi connectivity index (χ1n) is 9.14. The molecule has 4 rings (SSSR count). The number of amides is 1. The molecule has 0 saturated carbocycles. The van der Waals surface area contributed by atoms with Crippen LogP contribution in [0, 0.1) is 0 Å². The Morgan fingerprint density at radius 2 is 2.00 bits per heavy atom. The molecule has 0 aliphatic carbocycles. The Kier molecular flexibility index (Phi) is 5.10. The van der Waals surface area contributed by atoms with Gasteiger partial charge in [-0.05, 0) is 23.8 Å². The number of hydrazone groups is 1. The van der Waals surface area contributed by atoms with Crippen molar-refractivity contribution in [2.75, 3.05) is 13.2 Å². The fourth-order valence-corrected chi connectivity index (χ4v) is 3.26. The quantitative estimate of drug-likeness (QED) is 0.408. The number of benzene rings is 2. The zero-order valence-corrected chi connectivity index (χ0v) is 15.4. The number of nitrogens with zero attached hydrogens (tertiary/aromatic N) is 2. The molecule has 6 heteroatoms. The summed E-state index contributed by atoms with van der Waals surface area (Å²) in [5, 5.41) is 5.21. The maximum Gasteiger partial charge on any atom is 0.244 e. The van der Waals surface area contributed by atoms with E-state index in [0.29, 0.717) is 31.3 Å². The van der Waals surface area contributed by atoms with Crippen LogP contribution >= 0.6 is 0 Å². The van der Waals surface area contributed by atoms with Crippen LogP contribution < -0.4 is 14.9 Å². The van der Waals surface area contributed by atoms with Gasteiger partial charge in [0, 0.05) is 29.2 Å². The second-order valence-electron chi connectivity index (χ2n) is 6.49. The van der Waals surface area contributed by atoms with E-state index in [-0.39, 0.29) is 12.3 Å². The van der Waals surface area contributed by atoms with E-state index in [4.69, 9.17) is 9.47 Å². The van der Waals surface area contributed by atoms with Crippen molar-refractivity contribution in [3.05, 3.63) is 72.4 Å². The first kappa shape index (κ1) is 17.9. The van der Waals surface area contributed by atoms with E-state index in [1.165, 1.54) is 0 Å². The van der Waals surface area contributed by atoms with Crippen LogP contribution in [0.2, 0.25) is 0 Å². The molecule has 1 N–H and O–H groups in total. The number of rotatable bonds is 6. The predicted molar refractivity (Wildman–Crippen MR) is 109 cm³/mol. The SMILES string of the molecule is C=CCn1cc(/C=N\NC(=O)Cc2ccc3c(c2)OCCO3)c2ccccc21. The highest BCUT2D eigenvalue weighted by molar-refractivity contribution is 5.99. The molecule has 1 amide bonds. The number of hydrogen-bond acceptors (Lipinski definition) is 4. The summed E-state index contributed by atoms with van der Waals surface area (Å²) in [7, 11) is 0. The van der Waals surface area contributed by atoms with Gasteiger partial charge in [-0.2, -0.15) is 5.10 Å². The summed E-state index contributed by atoms with van der Waals surface area (Å²) in [5.74, 6) is 1.20. The Morgan fingerprint density at radius 3 is 2.86 bits per heavy atom. The molecular formula is C22H21N3O3. The third kappa shape index (κ3) is 3.76. The van der Waals surface area contributed by atoms with E-state index in [1.807, 2.05) is 48.7 Å². The lowest BCUT2D eigenvalue weighted by Gasteiger charge is -2.18. The average molecular weight is 375 g/mol. The van der Waals surface area contributed by atoms with Crippen molar-refractivity contribution < 1.29 is 14.3 Å². The molecule has 0 unspecified atom stereocenters. The zero-order chi connectivity index (χ0) is 19.3. The average Bonchev–Trinajstić information content (AvgIpc) is 3.06. The molecule has 0 saturated heterocycles. The van der Waals surface area contributed by atoms with Crippen molar-refractivity contribution in [2.45, 2.75) is 13.0 Å². The van der Waals surface area contributed by atoms with E-state index in [0.717, 1.165) is 22.0 Å². The van der Waals surface area contributed by atoms with Gasteiger partial charge in [0.05, 0.1) is 12.6 Å². The highest BCUT2D eigenvalue weighted by Gasteiger charge is 2.13. The Balaban J connectivity index is 1.43. The van der Waals surface area contributed by atoms with Gasteiger partial charge in [0.2, 0.25) is 5.91 Å². The number of ether oxygens (including phenoxy) is 2. The molecule has 1 aliphatic rings. The Hall–Kier alpha value is -3.54. The summed E-state index contributed by atoms with van der Waals surface area (Å²) in [6, 6.07) is 13.6. The van der Waals surface area contributed by atoms with Crippen molar-refractivity contribution in [1.82, 2.24) is 9.99 Å². The minimum Gasteiger partial charge on any atom is -0.486 e. The van der Waals surface area contributed by atoms with Crippen LogP contribution in [0.5, 0.6) is 11.5 Å². The number of allylic oxidation sites excluding steroid dienone is 1. The molecule has 6 nitrogen and oxygen atoms in total. The third-order valence-electron chi connectivity index (χ3n) is 4.51. The molecule has 2 heterocycles. The highest BCUT2D eigenvalue weighted by Crippen LogP contribution is 2.30. The molecule has 142 valence electrons. The van der Waals surface area contributed by atoms with Crippen molar-refractivity contribution in [3.63, 3.8) is 0 Å². The van der Waals surface area contributed by atoms with Crippen LogP contribution in [0.1, 0.15) is 11.1 Å². The van der Waals surface area contributed by atoms with E-state index < -0.39 is 0 Å². The van der Waals surface area contributed by atoms with Gasteiger partial charge >= 0.3 is 0 Å². The Morgan fingerprint density at radius 1 is 1.18 bits per heavy atom. The van der Waals surface area contributed by atoms with E-state index in [9.17, 15) is 4.79 Å². The number of para-hydroxylation sites is 1. The smallest absolute Gasteiger partial charge is 0.244 e. The van der Waals surface area contributed by atoms with Crippen LogP contribution in [0.15, 0.2) is 66.4 Å². The van der Waals surface area contributed by atoms with Crippen molar-refractivity contribution in [2.24, 2.45) is 5.10 Å². The lowest BCUT2D eigenvalue weighted by molar-refractivity contribution is -0.120. The summed E-state index contributed by atoms with van der Waals surface area (Å²) in [6.45, 7) is 5.58. The number of carbonyl (C=O) groups is 1. The molecule has 1 aliphatic heterocycles. The monoisotopic (exact) mass is 375 g/mol. The third-order valence-corrected chi connectivity index (χ3v) is 4.51. The van der Waals surface area contributed by atoms with Gasteiger partial charge in [0.25, 0.3) is 0 Å². The minimum absolute atomic E-state index is 0.192. The molecule has 1 aromatic heterocycles. The summed E-state index contributed by atoms with van der Waals surface area (Å²) < 4.78 is 13.1. The lowest BCUT2D eigenvalue weighted by Crippen LogP contribution is -2.20. The van der Waals surface area contributed by atoms with Crippen LogP contribution in [-0.2, 0) is 17.8 Å². The number of aromatic nitrogens is 1. The molecule has 3 aromatic rings. The number of hydrogen-bond donors (Lipinski definition) is 1. The number of fused-ring (bicyclic) bond motifs is 2. The molecule has 0 spiro atoms. The predicted octanol–water partition coefficient (Wildman–Crippen LogP) is 3.29. The first-order chi connectivity index (χ1) is 13.7. The molecule has 0 radical (unpaired) electrons. The van der Waals surface area contributed by atoms with Gasteiger partial charge in [0.15, 0.2) is 11.5 Å². The van der Waals surface area contributed by atoms with Crippen LogP contribution in [0.3, 0.4) is 0 Å². The maximum absolute atomic E-state index is 12.2. The van der Waals surface area contributed by atoms with Crippen LogP contribution in [-0.4, -0.2) is 29.9 Å². The zero-order valence-electron chi connectivity index (χ0n) is 15.4. The van der Waals surface area contributed by atoms with Gasteiger partial charge in [-0.1, -0.05) is 30.3 Å². The van der Waals surface area contributed by atoms with Crippen molar-refractivity contribution in [3.8, 4) is 11.5 Å². The standard InChI is InChI=1S/C22H21N3O3/c1-2-9-25-15-17(18-5-3-4-6-19(18)25)14-23-24-22(26)13-16-7-8-20-21(12-16)28-11-10-27-20/h2-8,12,14-15H,1,9-11,13H2,(H,24,26)/b23-14-. The molecule has 0 fully saturated rings. The maximum atomic E-state index is 12.2. The first-order valence-corrected chi connectivity index (χ1v) is 9.14. The second-order valence-corrected chi connectivity index (χ2v) is 6.49. The van der Waals surface area contributed by atoms with Crippen molar-refractivity contribution >= 4 is 23.0 Å². The van der Waals surface area contributed by atoms with E-state index in [1.54, 1.807) is 6.21 Å². The van der Waals surface area contributed by atoms with Gasteiger partial charge in [-0.3, -0.25) is 4.79 Å². The second kappa shape index (κ2) is 8.00. The topological polar surface area (TPSA) is 64.9 Å². The van der Waals surface area contributed by atoms with Gasteiger partial charge in [0.1, 0.15) is 13.2 Å². The Labute approximate surface area is 163 Å². The minimum atomic E-state index is -0.192. The van der Waals surface area contributed by atoms with E-state index in [2.05, 4.69) is 27.7 Å². The molecular weight excluding hydrogens is 354 g/mol. The lowest BCUT2D eigenvalue weighted by atomic mass is 10.1. The molecule has 0 atom stereocenters. The van der Waals surface area contributed by atoms with Gasteiger partial charge in [-0.25, -0.2) is 5.43 Å². The number of nitrogens with one attached hydrogen (secondary N) is 1. The normalized spacial score (nSPS) is 13.0. The summed E-state index contributed by atoms with van der Waals surface area (Å²) in [4.78, 5) is 12.2. The fourth-order valence-electron chi connectivity index (χ4n) is 3.26. The summed E-state index contributed by atoms with van der Waals surface area (Å²) >= 11 is 0. The summed E-state index contributed by atoms with van der Waals surface area (Å²) in [5.41, 5.74) is 5.49. The summed E-state index contributed by atoms with van der Waals surface area (Å²) in [6.07, 6.45) is 5.74. The highest BCUT2D eigenvalue weighted by atomic mass is 16.6. The van der Waals surface area contributed by atoms with Gasteiger partial charge < -0.3 is 14.0 Å². The van der Waals surface area contributed by atoms with Crippen LogP contribution in [0.4, 0.5) is 0 Å². The Bertz CT molecular complexity index is 1050. The molecule has 2 aromatic carbocycles. The molecule has 0 bridgehead atoms. The largest absolute Gasteiger partial charge is 0.486 e.